The highest BCUT2D eigenvalue weighted by molar-refractivity contribution is 6.24. The molecular weight excluding hydrogens is 490 g/mol. The molecule has 3 aromatic heterocycles. The van der Waals surface area contributed by atoms with Gasteiger partial charge in [0, 0.05) is 39.7 Å². The molecule has 0 unspecified atom stereocenters. The summed E-state index contributed by atoms with van der Waals surface area (Å²) in [6.45, 7) is 0. The van der Waals surface area contributed by atoms with Crippen molar-refractivity contribution >= 4 is 43.7 Å². The van der Waals surface area contributed by atoms with Gasteiger partial charge in [-0.2, -0.15) is 5.26 Å². The molecule has 8 aromatic rings. The summed E-state index contributed by atoms with van der Waals surface area (Å²) >= 11 is 0. The minimum absolute atomic E-state index is 0.560. The van der Waals surface area contributed by atoms with E-state index >= 15 is 0 Å². The summed E-state index contributed by atoms with van der Waals surface area (Å²) in [6, 6.07) is 42.2. The third-order valence-corrected chi connectivity index (χ3v) is 7.75. The Morgan fingerprint density at radius 3 is 2.33 bits per heavy atom. The predicted molar refractivity (Wildman–Crippen MR) is 161 cm³/mol. The number of hydrogen-bond donors (Lipinski definition) is 0. The van der Waals surface area contributed by atoms with E-state index in [1.54, 1.807) is 12.4 Å². The number of benzene rings is 5. The van der Waals surface area contributed by atoms with Gasteiger partial charge in [0.2, 0.25) is 0 Å². The summed E-state index contributed by atoms with van der Waals surface area (Å²) in [5, 5.41) is 14.3. The Kier molecular flexibility index (Phi) is 4.85. The number of fused-ring (bicyclic) bond motifs is 7. The number of nitrogens with zero attached hydrogens (tertiary/aromatic N) is 3. The van der Waals surface area contributed by atoms with E-state index in [2.05, 4.69) is 107 Å². The number of para-hydroxylation sites is 3. The van der Waals surface area contributed by atoms with Crippen LogP contribution in [-0.2, 0) is 0 Å². The van der Waals surface area contributed by atoms with Gasteiger partial charge in [-0.1, -0.05) is 72.8 Å². The number of aromatic nitrogens is 2. The Morgan fingerprint density at radius 2 is 1.43 bits per heavy atom. The first-order valence-electron chi connectivity index (χ1n) is 13.2. The Labute approximate surface area is 230 Å². The maximum atomic E-state index is 9.68. The van der Waals surface area contributed by atoms with Crippen LogP contribution in [0.5, 0.6) is 0 Å². The molecule has 0 atom stereocenters. The summed E-state index contributed by atoms with van der Waals surface area (Å²) in [7, 11) is 0. The Morgan fingerprint density at radius 1 is 0.650 bits per heavy atom. The molecule has 186 valence electrons. The van der Waals surface area contributed by atoms with Crippen molar-refractivity contribution in [2.75, 3.05) is 0 Å². The van der Waals surface area contributed by atoms with Gasteiger partial charge in [-0.15, -0.1) is 0 Å². The monoisotopic (exact) mass is 511 g/mol. The lowest BCUT2D eigenvalue weighted by Gasteiger charge is -2.15. The molecule has 4 nitrogen and oxygen atoms in total. The van der Waals surface area contributed by atoms with E-state index in [0.717, 1.165) is 60.9 Å². The van der Waals surface area contributed by atoms with Gasteiger partial charge in [-0.3, -0.25) is 4.98 Å². The van der Waals surface area contributed by atoms with Crippen LogP contribution in [0, 0.1) is 11.3 Å². The van der Waals surface area contributed by atoms with Crippen LogP contribution in [0.1, 0.15) is 5.56 Å². The molecule has 0 aliphatic carbocycles. The molecule has 0 aliphatic heterocycles. The zero-order valence-electron chi connectivity index (χ0n) is 21.4. The fourth-order valence-corrected chi connectivity index (χ4v) is 6.02. The number of furan rings is 1. The summed E-state index contributed by atoms with van der Waals surface area (Å²) in [5.74, 6) is 0. The molecule has 40 heavy (non-hydrogen) atoms. The van der Waals surface area contributed by atoms with Gasteiger partial charge in [-0.25, -0.2) is 0 Å². The second-order valence-electron chi connectivity index (χ2n) is 9.92. The topological polar surface area (TPSA) is 54.8 Å². The van der Waals surface area contributed by atoms with Crippen LogP contribution < -0.4 is 0 Å². The molecule has 0 radical (unpaired) electrons. The van der Waals surface area contributed by atoms with Crippen LogP contribution in [0.4, 0.5) is 0 Å². The van der Waals surface area contributed by atoms with E-state index in [1.165, 1.54) is 10.8 Å². The maximum Gasteiger partial charge on any atom is 0.137 e. The van der Waals surface area contributed by atoms with Crippen LogP contribution >= 0.6 is 0 Å². The standard InChI is InChI=1S/C36H21N3O/c37-21-25-22-38-19-18-26(25)23-8-7-9-24(20-23)27-10-1-4-13-31(27)39-32-14-5-2-11-28(32)29-16-17-34-35(36(29)39)30-12-3-6-15-33(30)40-34/h1-20,22H. The Balaban J connectivity index is 1.46. The van der Waals surface area contributed by atoms with Crippen LogP contribution in [0.15, 0.2) is 132 Å². The predicted octanol–water partition coefficient (Wildman–Crippen LogP) is 9.28. The first-order chi connectivity index (χ1) is 19.8. The van der Waals surface area contributed by atoms with E-state index in [4.69, 9.17) is 4.42 Å². The fraction of sp³-hybridized carbons (Fsp3) is 0. The lowest BCUT2D eigenvalue weighted by Crippen LogP contribution is -1.97. The zero-order valence-corrected chi connectivity index (χ0v) is 21.4. The average molecular weight is 512 g/mol. The molecule has 5 aromatic carbocycles. The first-order valence-corrected chi connectivity index (χ1v) is 13.2. The largest absolute Gasteiger partial charge is 0.456 e. The van der Waals surface area contributed by atoms with Crippen LogP contribution in [0.25, 0.3) is 71.7 Å². The molecule has 3 heterocycles. The molecule has 0 fully saturated rings. The average Bonchev–Trinajstić information content (AvgIpc) is 3.57. The van der Waals surface area contributed by atoms with Crippen molar-refractivity contribution in [1.29, 1.82) is 5.26 Å². The van der Waals surface area contributed by atoms with Gasteiger partial charge in [0.1, 0.15) is 17.2 Å². The van der Waals surface area contributed by atoms with E-state index in [-0.39, 0.29) is 0 Å². The number of nitriles is 1. The van der Waals surface area contributed by atoms with E-state index in [9.17, 15) is 5.26 Å². The minimum atomic E-state index is 0.560. The highest BCUT2D eigenvalue weighted by atomic mass is 16.3. The quantitative estimate of drug-likeness (QED) is 0.237. The molecule has 0 spiro atoms. The van der Waals surface area contributed by atoms with Gasteiger partial charge in [-0.05, 0) is 53.6 Å². The van der Waals surface area contributed by atoms with Crippen molar-refractivity contribution in [1.82, 2.24) is 9.55 Å². The van der Waals surface area contributed by atoms with Crippen molar-refractivity contribution in [2.45, 2.75) is 0 Å². The maximum absolute atomic E-state index is 9.68. The van der Waals surface area contributed by atoms with E-state index in [1.807, 2.05) is 24.3 Å². The third kappa shape index (κ3) is 3.22. The first kappa shape index (κ1) is 22.3. The third-order valence-electron chi connectivity index (χ3n) is 7.75. The summed E-state index contributed by atoms with van der Waals surface area (Å²) in [5.41, 5.74) is 9.70. The van der Waals surface area contributed by atoms with Gasteiger partial charge in [0.25, 0.3) is 0 Å². The second-order valence-corrected chi connectivity index (χ2v) is 9.92. The fourth-order valence-electron chi connectivity index (χ4n) is 6.02. The molecule has 8 rings (SSSR count). The number of hydrogen-bond acceptors (Lipinski definition) is 3. The van der Waals surface area contributed by atoms with Gasteiger partial charge in [0.15, 0.2) is 0 Å². The van der Waals surface area contributed by atoms with Gasteiger partial charge >= 0.3 is 0 Å². The van der Waals surface area contributed by atoms with Crippen LogP contribution in [0.3, 0.4) is 0 Å². The second kappa shape index (κ2) is 8.69. The Bertz CT molecular complexity index is 2300. The molecule has 0 N–H and O–H groups in total. The summed E-state index contributed by atoms with van der Waals surface area (Å²) in [4.78, 5) is 4.14. The molecule has 0 amide bonds. The smallest absolute Gasteiger partial charge is 0.137 e. The molecular formula is C36H21N3O. The van der Waals surface area contributed by atoms with Crippen LogP contribution in [-0.4, -0.2) is 9.55 Å². The Hall–Kier alpha value is -5.66. The lowest BCUT2D eigenvalue weighted by molar-refractivity contribution is 0.669. The number of pyridine rings is 1. The summed E-state index contributed by atoms with van der Waals surface area (Å²) in [6.07, 6.45) is 3.35. The minimum Gasteiger partial charge on any atom is -0.456 e. The van der Waals surface area contributed by atoms with Gasteiger partial charge < -0.3 is 8.98 Å². The number of rotatable bonds is 3. The molecule has 0 saturated carbocycles. The molecule has 4 heteroatoms. The van der Waals surface area contributed by atoms with E-state index < -0.39 is 0 Å². The van der Waals surface area contributed by atoms with E-state index in [0.29, 0.717) is 5.56 Å². The van der Waals surface area contributed by atoms with Crippen molar-refractivity contribution in [2.24, 2.45) is 0 Å². The van der Waals surface area contributed by atoms with Crippen molar-refractivity contribution in [3.05, 3.63) is 133 Å². The zero-order chi connectivity index (χ0) is 26.6. The molecule has 0 bridgehead atoms. The van der Waals surface area contributed by atoms with Crippen LogP contribution in [0.2, 0.25) is 0 Å². The van der Waals surface area contributed by atoms with Crippen molar-refractivity contribution < 1.29 is 4.42 Å². The lowest BCUT2D eigenvalue weighted by atomic mass is 9.96. The molecule has 0 saturated heterocycles. The summed E-state index contributed by atoms with van der Waals surface area (Å²) < 4.78 is 8.68. The highest BCUT2D eigenvalue weighted by Gasteiger charge is 2.20. The highest BCUT2D eigenvalue weighted by Crippen LogP contribution is 2.42. The van der Waals surface area contributed by atoms with Crippen molar-refractivity contribution in [3.63, 3.8) is 0 Å². The molecule has 0 aliphatic rings. The van der Waals surface area contributed by atoms with Gasteiger partial charge in [0.05, 0.1) is 27.7 Å². The SMILES string of the molecule is N#Cc1cnccc1-c1cccc(-c2ccccc2-n2c3ccccc3c3ccc4oc5ccccc5c4c32)c1. The van der Waals surface area contributed by atoms with Crippen molar-refractivity contribution in [3.8, 4) is 34.0 Å². The normalized spacial score (nSPS) is 11.5.